The van der Waals surface area contributed by atoms with Crippen molar-refractivity contribution < 1.29 is 18.7 Å². The summed E-state index contributed by atoms with van der Waals surface area (Å²) in [7, 11) is 0. The average Bonchev–Trinajstić information content (AvgIpc) is 2.84. The molecule has 1 aliphatic rings. The predicted octanol–water partition coefficient (Wildman–Crippen LogP) is 1.95. The van der Waals surface area contributed by atoms with E-state index < -0.39 is 23.4 Å². The van der Waals surface area contributed by atoms with Crippen LogP contribution in [0.25, 0.3) is 10.4 Å². The van der Waals surface area contributed by atoms with Crippen LogP contribution < -0.4 is 5.32 Å². The maximum Gasteiger partial charge on any atom is 0.220 e. The lowest BCUT2D eigenvalue weighted by molar-refractivity contribution is -0.119. The third kappa shape index (κ3) is 2.87. The number of hydrogen-bond donors (Lipinski definition) is 2. The van der Waals surface area contributed by atoms with Crippen LogP contribution >= 0.6 is 0 Å². The van der Waals surface area contributed by atoms with Gasteiger partial charge in [-0.2, -0.15) is 0 Å². The van der Waals surface area contributed by atoms with Crippen LogP contribution in [0.2, 0.25) is 0 Å². The normalized spacial score (nSPS) is 19.4. The third-order valence-corrected chi connectivity index (χ3v) is 3.27. The molecule has 8 heteroatoms. The summed E-state index contributed by atoms with van der Waals surface area (Å²) in [5.74, 6) is -2.42. The van der Waals surface area contributed by atoms with E-state index in [1.54, 1.807) is 0 Å². The molecule has 1 saturated heterocycles. The summed E-state index contributed by atoms with van der Waals surface area (Å²) in [4.78, 5) is 13.4. The van der Waals surface area contributed by atoms with Crippen molar-refractivity contribution >= 4 is 11.6 Å². The van der Waals surface area contributed by atoms with E-state index in [2.05, 4.69) is 15.3 Å². The van der Waals surface area contributed by atoms with E-state index in [9.17, 15) is 18.7 Å². The van der Waals surface area contributed by atoms with Gasteiger partial charge in [-0.3, -0.25) is 4.79 Å². The van der Waals surface area contributed by atoms with Gasteiger partial charge in [0.15, 0.2) is 0 Å². The summed E-state index contributed by atoms with van der Waals surface area (Å²) >= 11 is 0. The minimum Gasteiger partial charge on any atom is -0.392 e. The summed E-state index contributed by atoms with van der Waals surface area (Å²) in [6.45, 7) is 0.325. The second-order valence-electron chi connectivity index (χ2n) is 4.60. The van der Waals surface area contributed by atoms with Gasteiger partial charge in [-0.1, -0.05) is 11.2 Å². The molecular weight excluding hydrogens is 270 g/mol. The van der Waals surface area contributed by atoms with Crippen molar-refractivity contribution in [2.45, 2.75) is 18.9 Å². The average molecular weight is 282 g/mol. The Hall–Kier alpha value is -2.18. The number of azide groups is 1. The Morgan fingerprint density at radius 3 is 2.90 bits per heavy atom. The second-order valence-corrected chi connectivity index (χ2v) is 4.60. The Morgan fingerprint density at radius 2 is 2.30 bits per heavy atom. The smallest absolute Gasteiger partial charge is 0.220 e. The fraction of sp³-hybridized carbons (Fsp3) is 0.417. The van der Waals surface area contributed by atoms with Gasteiger partial charge in [-0.15, -0.1) is 0 Å². The molecule has 0 aromatic heterocycles. The number of rotatable bonds is 4. The van der Waals surface area contributed by atoms with E-state index >= 15 is 0 Å². The number of nitrogens with one attached hydrogen (secondary N) is 1. The molecule has 0 saturated carbocycles. The van der Waals surface area contributed by atoms with E-state index in [0.29, 0.717) is 6.54 Å². The first-order chi connectivity index (χ1) is 9.52. The van der Waals surface area contributed by atoms with Crippen LogP contribution in [-0.2, 0) is 11.2 Å². The molecule has 1 heterocycles. The van der Waals surface area contributed by atoms with Crippen molar-refractivity contribution in [2.75, 3.05) is 6.54 Å². The van der Waals surface area contributed by atoms with Gasteiger partial charge in [-0.05, 0) is 17.2 Å². The highest BCUT2D eigenvalue weighted by molar-refractivity contribution is 5.78. The molecule has 1 aliphatic heterocycles. The molecule has 106 valence electrons. The fourth-order valence-corrected chi connectivity index (χ4v) is 2.17. The zero-order valence-electron chi connectivity index (χ0n) is 10.4. The van der Waals surface area contributed by atoms with Gasteiger partial charge in [0.2, 0.25) is 5.91 Å². The van der Waals surface area contributed by atoms with Gasteiger partial charge >= 0.3 is 0 Å². The van der Waals surface area contributed by atoms with Gasteiger partial charge < -0.3 is 10.4 Å². The van der Waals surface area contributed by atoms with Gasteiger partial charge in [0.05, 0.1) is 6.10 Å². The number of aliphatic hydroxyl groups excluding tert-OH is 1. The maximum absolute atomic E-state index is 13.9. The predicted molar refractivity (Wildman–Crippen MR) is 66.0 cm³/mol. The Bertz CT molecular complexity index is 587. The first-order valence-electron chi connectivity index (χ1n) is 5.99. The monoisotopic (exact) mass is 282 g/mol. The molecule has 2 atom stereocenters. The molecule has 0 radical (unpaired) electrons. The Balaban J connectivity index is 2.19. The van der Waals surface area contributed by atoms with Gasteiger partial charge in [0, 0.05) is 30.2 Å². The molecule has 1 aromatic rings. The highest BCUT2D eigenvalue weighted by Gasteiger charge is 2.29. The molecule has 0 bridgehead atoms. The van der Waals surface area contributed by atoms with Crippen LogP contribution in [0.4, 0.5) is 14.5 Å². The summed E-state index contributed by atoms with van der Waals surface area (Å²) < 4.78 is 27.2. The zero-order chi connectivity index (χ0) is 14.7. The van der Waals surface area contributed by atoms with E-state index in [1.165, 1.54) is 6.07 Å². The largest absolute Gasteiger partial charge is 0.392 e. The van der Waals surface area contributed by atoms with Crippen molar-refractivity contribution in [2.24, 2.45) is 11.0 Å². The van der Waals surface area contributed by atoms with Crippen molar-refractivity contribution in [1.82, 2.24) is 5.32 Å². The first kappa shape index (κ1) is 14.2. The SMILES string of the molecule is [N-]=[N+]=Nc1c(F)ccc(CC(O)C2CNC(=O)C2)c1F. The Morgan fingerprint density at radius 1 is 1.55 bits per heavy atom. The topological polar surface area (TPSA) is 98.1 Å². The van der Waals surface area contributed by atoms with E-state index in [1.807, 2.05) is 0 Å². The van der Waals surface area contributed by atoms with Crippen LogP contribution in [0.15, 0.2) is 17.2 Å². The molecule has 1 aromatic carbocycles. The van der Waals surface area contributed by atoms with Gasteiger partial charge in [0.25, 0.3) is 0 Å². The van der Waals surface area contributed by atoms with E-state index in [0.717, 1.165) is 6.07 Å². The molecule has 1 amide bonds. The van der Waals surface area contributed by atoms with Crippen molar-refractivity contribution in [3.63, 3.8) is 0 Å². The summed E-state index contributed by atoms with van der Waals surface area (Å²) in [5.41, 5.74) is 7.60. The molecule has 0 aliphatic carbocycles. The number of amides is 1. The quantitative estimate of drug-likeness (QED) is 0.501. The van der Waals surface area contributed by atoms with Crippen LogP contribution in [-0.4, -0.2) is 23.7 Å². The lowest BCUT2D eigenvalue weighted by atomic mass is 9.95. The zero-order valence-corrected chi connectivity index (χ0v) is 10.4. The molecule has 2 unspecified atom stereocenters. The van der Waals surface area contributed by atoms with E-state index in [4.69, 9.17) is 5.53 Å². The lowest BCUT2D eigenvalue weighted by Gasteiger charge is -2.17. The van der Waals surface area contributed by atoms with E-state index in [-0.39, 0.29) is 30.2 Å². The van der Waals surface area contributed by atoms with Crippen LogP contribution in [0, 0.1) is 17.6 Å². The molecule has 2 rings (SSSR count). The molecule has 1 fully saturated rings. The summed E-state index contributed by atoms with van der Waals surface area (Å²) in [6.07, 6.45) is -0.847. The molecule has 20 heavy (non-hydrogen) atoms. The number of nitrogens with zero attached hydrogens (tertiary/aromatic N) is 3. The van der Waals surface area contributed by atoms with Crippen LogP contribution in [0.3, 0.4) is 0 Å². The summed E-state index contributed by atoms with van der Waals surface area (Å²) in [6, 6.07) is 2.17. The lowest BCUT2D eigenvalue weighted by Crippen LogP contribution is -2.25. The highest BCUT2D eigenvalue weighted by Crippen LogP contribution is 2.27. The first-order valence-corrected chi connectivity index (χ1v) is 5.99. The van der Waals surface area contributed by atoms with Crippen molar-refractivity contribution in [3.05, 3.63) is 39.8 Å². The number of halogens is 2. The van der Waals surface area contributed by atoms with Gasteiger partial charge in [-0.25, -0.2) is 8.78 Å². The minimum atomic E-state index is -0.987. The molecule has 6 nitrogen and oxygen atoms in total. The number of hydrogen-bond acceptors (Lipinski definition) is 3. The molecular formula is C12H12F2N4O2. The number of aliphatic hydroxyl groups is 1. The summed E-state index contributed by atoms with van der Waals surface area (Å²) in [5, 5.41) is 15.5. The number of benzene rings is 1. The van der Waals surface area contributed by atoms with Crippen molar-refractivity contribution in [1.29, 1.82) is 0 Å². The second kappa shape index (κ2) is 5.85. The van der Waals surface area contributed by atoms with Gasteiger partial charge in [0.1, 0.15) is 17.3 Å². The highest BCUT2D eigenvalue weighted by atomic mass is 19.1. The van der Waals surface area contributed by atoms with Crippen LogP contribution in [0.1, 0.15) is 12.0 Å². The Labute approximate surface area is 113 Å². The number of carbonyl (C=O) groups excluding carboxylic acids is 1. The third-order valence-electron chi connectivity index (χ3n) is 3.27. The minimum absolute atomic E-state index is 0.0423. The fourth-order valence-electron chi connectivity index (χ4n) is 2.17. The van der Waals surface area contributed by atoms with Crippen molar-refractivity contribution in [3.8, 4) is 0 Å². The molecule has 2 N–H and O–H groups in total. The molecule has 0 spiro atoms. The standard InChI is InChI=1S/C12H12F2N4O2/c13-8-2-1-6(11(14)12(8)17-18-15)3-9(19)7-4-10(20)16-5-7/h1-2,7,9,19H,3-5H2,(H,16,20). The van der Waals surface area contributed by atoms with Crippen LogP contribution in [0.5, 0.6) is 0 Å². The maximum atomic E-state index is 13.9. The Kier molecular flexibility index (Phi) is 4.16. The number of carbonyl (C=O) groups is 1.